The first-order valence-corrected chi connectivity index (χ1v) is 8.55. The predicted octanol–water partition coefficient (Wildman–Crippen LogP) is 2.41. The fraction of sp³-hybridized carbons (Fsp3) is 0.316. The summed E-state index contributed by atoms with van der Waals surface area (Å²) in [6.45, 7) is 5.23. The quantitative estimate of drug-likeness (QED) is 0.722. The molecule has 0 unspecified atom stereocenters. The minimum atomic E-state index is -0.302. The zero-order valence-corrected chi connectivity index (χ0v) is 14.3. The molecule has 0 saturated carbocycles. The first kappa shape index (κ1) is 15.6. The van der Waals surface area contributed by atoms with Crippen LogP contribution in [0.25, 0.3) is 5.65 Å². The Hall–Kier alpha value is -2.89. The molecule has 4 heterocycles. The second-order valence-corrected chi connectivity index (χ2v) is 6.39. The van der Waals surface area contributed by atoms with Crippen molar-refractivity contribution in [2.75, 3.05) is 6.54 Å². The molecule has 0 spiro atoms. The maximum Gasteiger partial charge on any atom is 0.270 e. The Bertz CT molecular complexity index is 1020. The van der Waals surface area contributed by atoms with E-state index in [4.69, 9.17) is 0 Å². The molecule has 4 rings (SSSR count). The Labute approximate surface area is 145 Å². The molecule has 25 heavy (non-hydrogen) atoms. The molecule has 1 aliphatic rings. The number of rotatable bonds is 2. The highest BCUT2D eigenvalue weighted by Crippen LogP contribution is 2.29. The van der Waals surface area contributed by atoms with Crippen molar-refractivity contribution >= 4 is 11.6 Å². The van der Waals surface area contributed by atoms with Crippen LogP contribution in [0.1, 0.15) is 41.1 Å². The minimum Gasteiger partial charge on any atom is -0.348 e. The summed E-state index contributed by atoms with van der Waals surface area (Å²) >= 11 is 0. The Balaban J connectivity index is 1.79. The van der Waals surface area contributed by atoms with E-state index < -0.39 is 0 Å². The summed E-state index contributed by atoms with van der Waals surface area (Å²) in [4.78, 5) is 32.2. The van der Waals surface area contributed by atoms with Crippen LogP contribution in [0.5, 0.6) is 0 Å². The van der Waals surface area contributed by atoms with Crippen molar-refractivity contribution in [3.63, 3.8) is 0 Å². The molecule has 3 aromatic rings. The molecule has 0 aliphatic carbocycles. The van der Waals surface area contributed by atoms with Crippen molar-refractivity contribution < 1.29 is 4.79 Å². The number of hydrogen-bond acceptors (Lipinski definition) is 3. The van der Waals surface area contributed by atoms with E-state index in [0.29, 0.717) is 12.2 Å². The fourth-order valence-corrected chi connectivity index (χ4v) is 3.71. The number of aryl methyl sites for hydroxylation is 1. The summed E-state index contributed by atoms with van der Waals surface area (Å²) in [5, 5.41) is 0. The van der Waals surface area contributed by atoms with E-state index in [-0.39, 0.29) is 23.1 Å². The van der Waals surface area contributed by atoms with Gasteiger partial charge in [0.05, 0.1) is 6.04 Å². The average molecular weight is 336 g/mol. The van der Waals surface area contributed by atoms with Gasteiger partial charge < -0.3 is 9.47 Å². The topological polar surface area (TPSA) is 59.6 Å². The molecule has 128 valence electrons. The monoisotopic (exact) mass is 336 g/mol. The molecule has 0 bridgehead atoms. The van der Waals surface area contributed by atoms with Gasteiger partial charge in [-0.15, -0.1) is 0 Å². The SMILES string of the molecule is CC[C@H]1c2cccn2CCN1C(=O)c1cnc2cccc(C)n2c1=O. The third-order valence-corrected chi connectivity index (χ3v) is 4.97. The van der Waals surface area contributed by atoms with Gasteiger partial charge in [-0.05, 0) is 37.6 Å². The number of amides is 1. The molecule has 6 heteroatoms. The van der Waals surface area contributed by atoms with E-state index >= 15 is 0 Å². The van der Waals surface area contributed by atoms with Crippen molar-refractivity contribution in [1.82, 2.24) is 18.9 Å². The molecule has 3 aromatic heterocycles. The van der Waals surface area contributed by atoms with Crippen LogP contribution in [-0.2, 0) is 6.54 Å². The lowest BCUT2D eigenvalue weighted by atomic mass is 10.1. The van der Waals surface area contributed by atoms with Crippen molar-refractivity contribution in [2.45, 2.75) is 32.9 Å². The number of pyridine rings is 1. The van der Waals surface area contributed by atoms with Crippen LogP contribution in [0, 0.1) is 6.92 Å². The largest absolute Gasteiger partial charge is 0.348 e. The lowest BCUT2D eigenvalue weighted by Gasteiger charge is -2.36. The van der Waals surface area contributed by atoms with E-state index in [0.717, 1.165) is 24.4 Å². The van der Waals surface area contributed by atoms with E-state index in [1.807, 2.05) is 37.4 Å². The van der Waals surface area contributed by atoms with Crippen LogP contribution >= 0.6 is 0 Å². The molecule has 6 nitrogen and oxygen atoms in total. The zero-order valence-electron chi connectivity index (χ0n) is 14.3. The second-order valence-electron chi connectivity index (χ2n) is 6.39. The molecule has 1 amide bonds. The smallest absolute Gasteiger partial charge is 0.270 e. The minimum absolute atomic E-state index is 0.0202. The summed E-state index contributed by atoms with van der Waals surface area (Å²) in [6.07, 6.45) is 4.26. The Kier molecular flexibility index (Phi) is 3.67. The summed E-state index contributed by atoms with van der Waals surface area (Å²) < 4.78 is 3.68. The predicted molar refractivity (Wildman–Crippen MR) is 94.7 cm³/mol. The van der Waals surface area contributed by atoms with E-state index in [1.54, 1.807) is 11.0 Å². The Morgan fingerprint density at radius 1 is 1.24 bits per heavy atom. The van der Waals surface area contributed by atoms with Crippen LogP contribution in [0.2, 0.25) is 0 Å². The van der Waals surface area contributed by atoms with Crippen molar-refractivity contribution in [2.24, 2.45) is 0 Å². The van der Waals surface area contributed by atoms with Gasteiger partial charge in [0.15, 0.2) is 0 Å². The lowest BCUT2D eigenvalue weighted by Crippen LogP contribution is -2.43. The van der Waals surface area contributed by atoms with Gasteiger partial charge in [0, 0.05) is 36.9 Å². The average Bonchev–Trinajstić information content (AvgIpc) is 3.09. The van der Waals surface area contributed by atoms with Gasteiger partial charge in [-0.2, -0.15) is 0 Å². The summed E-state index contributed by atoms with van der Waals surface area (Å²) in [7, 11) is 0. The molecular weight excluding hydrogens is 316 g/mol. The third kappa shape index (κ3) is 2.36. The normalized spacial score (nSPS) is 16.9. The molecule has 1 aliphatic heterocycles. The van der Waals surface area contributed by atoms with Gasteiger partial charge in [-0.3, -0.25) is 14.0 Å². The molecular formula is C19H20N4O2. The maximum absolute atomic E-state index is 13.1. The third-order valence-electron chi connectivity index (χ3n) is 4.97. The number of carbonyl (C=O) groups excluding carboxylic acids is 1. The first-order chi connectivity index (χ1) is 12.1. The Morgan fingerprint density at radius 2 is 2.08 bits per heavy atom. The number of carbonyl (C=O) groups is 1. The van der Waals surface area contributed by atoms with E-state index in [9.17, 15) is 9.59 Å². The van der Waals surface area contributed by atoms with Crippen LogP contribution in [0.4, 0.5) is 0 Å². The van der Waals surface area contributed by atoms with Crippen LogP contribution in [0.15, 0.2) is 47.5 Å². The van der Waals surface area contributed by atoms with Crippen molar-refractivity contribution in [3.8, 4) is 0 Å². The van der Waals surface area contributed by atoms with E-state index in [2.05, 4.69) is 16.5 Å². The van der Waals surface area contributed by atoms with Gasteiger partial charge in [0.1, 0.15) is 11.2 Å². The van der Waals surface area contributed by atoms with Gasteiger partial charge in [-0.25, -0.2) is 4.98 Å². The first-order valence-electron chi connectivity index (χ1n) is 8.55. The zero-order chi connectivity index (χ0) is 17.6. The molecule has 0 fully saturated rings. The molecule has 0 aromatic carbocycles. The Morgan fingerprint density at radius 3 is 2.88 bits per heavy atom. The van der Waals surface area contributed by atoms with Crippen molar-refractivity contribution in [1.29, 1.82) is 0 Å². The van der Waals surface area contributed by atoms with Crippen molar-refractivity contribution in [3.05, 3.63) is 70.0 Å². The molecule has 0 N–H and O–H groups in total. The van der Waals surface area contributed by atoms with Crippen LogP contribution < -0.4 is 5.56 Å². The van der Waals surface area contributed by atoms with Gasteiger partial charge in [0.25, 0.3) is 11.5 Å². The maximum atomic E-state index is 13.1. The van der Waals surface area contributed by atoms with Crippen LogP contribution in [-0.4, -0.2) is 31.3 Å². The second kappa shape index (κ2) is 5.88. The highest BCUT2D eigenvalue weighted by Gasteiger charge is 2.31. The van der Waals surface area contributed by atoms with Gasteiger partial charge in [-0.1, -0.05) is 13.0 Å². The molecule has 1 atom stereocenters. The highest BCUT2D eigenvalue weighted by molar-refractivity contribution is 5.94. The number of nitrogens with zero attached hydrogens (tertiary/aromatic N) is 4. The summed E-state index contributed by atoms with van der Waals surface area (Å²) in [5.74, 6) is -0.241. The van der Waals surface area contributed by atoms with E-state index in [1.165, 1.54) is 10.6 Å². The fourth-order valence-electron chi connectivity index (χ4n) is 3.71. The summed E-state index contributed by atoms with van der Waals surface area (Å²) in [6, 6.07) is 9.49. The number of fused-ring (bicyclic) bond motifs is 2. The number of aromatic nitrogens is 3. The van der Waals surface area contributed by atoms with Crippen LogP contribution in [0.3, 0.4) is 0 Å². The standard InChI is InChI=1S/C19H20N4O2/c1-3-15-16-7-5-9-21(16)10-11-22(15)18(24)14-12-20-17-8-4-6-13(2)23(17)19(14)25/h4-9,12,15H,3,10-11H2,1-2H3/t15-/m0/s1. The molecule has 0 radical (unpaired) electrons. The summed E-state index contributed by atoms with van der Waals surface area (Å²) in [5.41, 5.74) is 2.27. The van der Waals surface area contributed by atoms with Gasteiger partial charge in [0.2, 0.25) is 0 Å². The number of hydrogen-bond donors (Lipinski definition) is 0. The lowest BCUT2D eigenvalue weighted by molar-refractivity contribution is 0.0615. The van der Waals surface area contributed by atoms with Gasteiger partial charge >= 0.3 is 0 Å². The highest BCUT2D eigenvalue weighted by atomic mass is 16.2. The molecule has 0 saturated heterocycles.